The van der Waals surface area contributed by atoms with Crippen molar-refractivity contribution in [2.45, 2.75) is 31.3 Å². The monoisotopic (exact) mass is 347 g/mol. The average Bonchev–Trinajstić information content (AvgIpc) is 2.23. The highest BCUT2D eigenvalue weighted by Gasteiger charge is 2.22. The number of hydrogen-bond donors (Lipinski definition) is 1. The van der Waals surface area contributed by atoms with Crippen molar-refractivity contribution in [3.05, 3.63) is 18.2 Å². The van der Waals surface area contributed by atoms with E-state index in [1.54, 1.807) is 20.8 Å². The predicted molar refractivity (Wildman–Crippen MR) is 88.5 cm³/mol. The lowest BCUT2D eigenvalue weighted by Crippen LogP contribution is -2.28. The molecule has 0 fully saturated rings. The molecule has 6 nitrogen and oxygen atoms in total. The number of sulfone groups is 1. The number of nitrogens with one attached hydrogen (secondary N) is 1. The Kier molecular flexibility index (Phi) is 5.15. The largest absolute Gasteiger partial charge is 0.444 e. The number of carbonyl (C=O) groups excluding carboxylic acids is 1. The van der Waals surface area contributed by atoms with Crippen LogP contribution in [0.25, 0.3) is 0 Å². The molecule has 0 heterocycles. The lowest BCUT2D eigenvalue weighted by atomic mass is 10.2. The van der Waals surface area contributed by atoms with Crippen molar-refractivity contribution < 1.29 is 22.5 Å². The summed E-state index contributed by atoms with van der Waals surface area (Å²) in [6.07, 6.45) is 0.387. The standard InChI is InChI=1S/C14H22NO5PS/c1-14(2,3)20-13(16)15-11-8-7-10(22(6,18)19)9-12(11)21(4,5)17/h7-9H,1-6H3,(H,15,16). The summed E-state index contributed by atoms with van der Waals surface area (Å²) in [6.45, 7) is 8.20. The van der Waals surface area contributed by atoms with Crippen molar-refractivity contribution in [1.82, 2.24) is 0 Å². The van der Waals surface area contributed by atoms with Crippen molar-refractivity contribution in [3.8, 4) is 0 Å². The molecule has 0 radical (unpaired) electrons. The Morgan fingerprint density at radius 2 is 1.77 bits per heavy atom. The molecule has 0 aromatic heterocycles. The zero-order valence-electron chi connectivity index (χ0n) is 13.6. The maximum atomic E-state index is 12.4. The van der Waals surface area contributed by atoms with E-state index in [2.05, 4.69) is 5.32 Å². The van der Waals surface area contributed by atoms with Crippen LogP contribution >= 0.6 is 7.14 Å². The molecule has 0 saturated heterocycles. The minimum atomic E-state index is -3.42. The van der Waals surface area contributed by atoms with E-state index >= 15 is 0 Å². The van der Waals surface area contributed by atoms with Crippen LogP contribution in [-0.4, -0.2) is 39.7 Å². The van der Waals surface area contributed by atoms with Crippen LogP contribution in [0.3, 0.4) is 0 Å². The molecule has 1 aromatic rings. The maximum Gasteiger partial charge on any atom is 0.412 e. The van der Waals surface area contributed by atoms with Crippen molar-refractivity contribution in [3.63, 3.8) is 0 Å². The van der Waals surface area contributed by atoms with Gasteiger partial charge in [0, 0.05) is 11.6 Å². The minimum absolute atomic E-state index is 0.0566. The Hall–Kier alpha value is -1.33. The summed E-state index contributed by atoms with van der Waals surface area (Å²) < 4.78 is 40.8. The molecular formula is C14H22NO5PS. The topological polar surface area (TPSA) is 89.5 Å². The van der Waals surface area contributed by atoms with Gasteiger partial charge in [0.1, 0.15) is 12.7 Å². The van der Waals surface area contributed by atoms with Crippen LogP contribution in [0.4, 0.5) is 10.5 Å². The molecule has 0 spiro atoms. The molecule has 0 saturated carbocycles. The second-order valence-electron chi connectivity index (χ2n) is 6.43. The molecule has 22 heavy (non-hydrogen) atoms. The van der Waals surface area contributed by atoms with Crippen LogP contribution in [0.5, 0.6) is 0 Å². The number of benzene rings is 1. The third-order valence-electron chi connectivity index (χ3n) is 2.61. The molecule has 0 atom stereocenters. The van der Waals surface area contributed by atoms with Crippen LogP contribution in [-0.2, 0) is 19.1 Å². The van der Waals surface area contributed by atoms with E-state index in [4.69, 9.17) is 4.74 Å². The fraction of sp³-hybridized carbons (Fsp3) is 0.500. The normalized spacial score (nSPS) is 12.8. The molecule has 0 unspecified atom stereocenters. The van der Waals surface area contributed by atoms with Gasteiger partial charge in [-0.2, -0.15) is 0 Å². The van der Waals surface area contributed by atoms with Gasteiger partial charge in [-0.15, -0.1) is 0 Å². The molecule has 1 aromatic carbocycles. The lowest BCUT2D eigenvalue weighted by molar-refractivity contribution is 0.0636. The zero-order valence-corrected chi connectivity index (χ0v) is 15.3. The zero-order chi connectivity index (χ0) is 17.3. The highest BCUT2D eigenvalue weighted by molar-refractivity contribution is 7.90. The first-order valence-electron chi connectivity index (χ1n) is 6.60. The first-order chi connectivity index (χ1) is 9.70. The smallest absolute Gasteiger partial charge is 0.412 e. The molecule has 0 bridgehead atoms. The van der Waals surface area contributed by atoms with Crippen LogP contribution in [0.1, 0.15) is 20.8 Å². The van der Waals surface area contributed by atoms with E-state index < -0.39 is 28.7 Å². The highest BCUT2D eigenvalue weighted by atomic mass is 32.2. The van der Waals surface area contributed by atoms with Crippen LogP contribution in [0, 0.1) is 0 Å². The molecular weight excluding hydrogens is 325 g/mol. The van der Waals surface area contributed by atoms with E-state index in [9.17, 15) is 17.8 Å². The number of hydrogen-bond acceptors (Lipinski definition) is 5. The first kappa shape index (κ1) is 18.7. The van der Waals surface area contributed by atoms with Gasteiger partial charge in [0.15, 0.2) is 9.84 Å². The molecule has 0 aliphatic carbocycles. The van der Waals surface area contributed by atoms with Gasteiger partial charge in [-0.1, -0.05) is 0 Å². The number of amides is 1. The average molecular weight is 347 g/mol. The number of carbonyl (C=O) groups is 1. The third-order valence-corrected chi connectivity index (χ3v) is 5.25. The van der Waals surface area contributed by atoms with Crippen molar-refractivity contribution >= 4 is 34.1 Å². The summed E-state index contributed by atoms with van der Waals surface area (Å²) in [5.41, 5.74) is -0.381. The predicted octanol–water partition coefficient (Wildman–Crippen LogP) is 2.69. The molecule has 1 amide bonds. The summed E-state index contributed by atoms with van der Waals surface area (Å²) >= 11 is 0. The van der Waals surface area contributed by atoms with E-state index in [1.165, 1.54) is 31.5 Å². The second kappa shape index (κ2) is 6.05. The Morgan fingerprint density at radius 3 is 2.18 bits per heavy atom. The van der Waals surface area contributed by atoms with Gasteiger partial charge >= 0.3 is 6.09 Å². The van der Waals surface area contributed by atoms with Gasteiger partial charge in [-0.25, -0.2) is 13.2 Å². The van der Waals surface area contributed by atoms with Gasteiger partial charge in [0.2, 0.25) is 0 Å². The van der Waals surface area contributed by atoms with Gasteiger partial charge in [-0.3, -0.25) is 5.32 Å². The van der Waals surface area contributed by atoms with Crippen molar-refractivity contribution in [1.29, 1.82) is 0 Å². The third kappa shape index (κ3) is 5.46. The van der Waals surface area contributed by atoms with E-state index in [1.807, 2.05) is 0 Å². The number of anilines is 1. The highest BCUT2D eigenvalue weighted by Crippen LogP contribution is 2.38. The number of rotatable bonds is 3. The van der Waals surface area contributed by atoms with Crippen LogP contribution in [0.2, 0.25) is 0 Å². The SMILES string of the molecule is CC(C)(C)OC(=O)Nc1ccc(S(C)(=O)=O)cc1P(C)(C)=O. The maximum absolute atomic E-state index is 12.4. The Morgan fingerprint density at radius 1 is 1.23 bits per heavy atom. The summed E-state index contributed by atoms with van der Waals surface area (Å²) in [5.74, 6) is 0. The fourth-order valence-electron chi connectivity index (χ4n) is 1.71. The molecule has 0 aliphatic heterocycles. The summed E-state index contributed by atoms with van der Waals surface area (Å²) in [4.78, 5) is 11.9. The summed E-state index contributed by atoms with van der Waals surface area (Å²) in [7, 11) is -6.22. The number of ether oxygens (including phenoxy) is 1. The van der Waals surface area contributed by atoms with Crippen LogP contribution in [0.15, 0.2) is 23.1 Å². The Bertz CT molecular complexity index is 728. The van der Waals surface area contributed by atoms with Gasteiger partial charge in [0.05, 0.1) is 10.6 Å². The van der Waals surface area contributed by atoms with Gasteiger partial charge < -0.3 is 9.30 Å². The van der Waals surface area contributed by atoms with E-state index in [0.29, 0.717) is 5.30 Å². The molecule has 124 valence electrons. The van der Waals surface area contributed by atoms with Gasteiger partial charge in [-0.05, 0) is 52.3 Å². The van der Waals surface area contributed by atoms with E-state index in [-0.39, 0.29) is 10.6 Å². The lowest BCUT2D eigenvalue weighted by Gasteiger charge is -2.21. The molecule has 0 aliphatic rings. The fourth-order valence-corrected chi connectivity index (χ4v) is 3.60. The Balaban J connectivity index is 3.26. The second-order valence-corrected chi connectivity index (χ2v) is 11.6. The minimum Gasteiger partial charge on any atom is -0.444 e. The quantitative estimate of drug-likeness (QED) is 0.849. The summed E-state index contributed by atoms with van der Waals surface area (Å²) in [5, 5.41) is 2.82. The van der Waals surface area contributed by atoms with Gasteiger partial charge in [0.25, 0.3) is 0 Å². The Labute approximate surface area is 131 Å². The van der Waals surface area contributed by atoms with E-state index in [0.717, 1.165) is 6.26 Å². The molecule has 8 heteroatoms. The molecule has 1 rings (SSSR count). The van der Waals surface area contributed by atoms with Crippen LogP contribution < -0.4 is 10.6 Å². The first-order valence-corrected chi connectivity index (χ1v) is 11.1. The summed E-state index contributed by atoms with van der Waals surface area (Å²) in [6, 6.07) is 4.12. The van der Waals surface area contributed by atoms with Crippen molar-refractivity contribution in [2.24, 2.45) is 0 Å². The van der Waals surface area contributed by atoms with Crippen molar-refractivity contribution in [2.75, 3.05) is 24.9 Å². The molecule has 1 N–H and O–H groups in total.